The van der Waals surface area contributed by atoms with Crippen molar-refractivity contribution in [1.82, 2.24) is 9.80 Å². The second-order valence-corrected chi connectivity index (χ2v) is 4.47. The molecule has 0 aromatic heterocycles. The topological polar surface area (TPSA) is 107 Å². The van der Waals surface area contributed by atoms with Crippen LogP contribution in [-0.2, 0) is 14.3 Å². The minimum absolute atomic E-state index is 0.148. The van der Waals surface area contributed by atoms with E-state index in [0.717, 1.165) is 4.90 Å². The lowest BCUT2D eigenvalue weighted by Crippen LogP contribution is -2.50. The molecule has 0 saturated carbocycles. The molecule has 1 saturated heterocycles. The first-order chi connectivity index (χ1) is 8.82. The third-order valence-electron chi connectivity index (χ3n) is 3.06. The average Bonchev–Trinajstić information content (AvgIpc) is 2.71. The third kappa shape index (κ3) is 4.09. The Bertz CT molecular complexity index is 356. The smallest absolute Gasteiger partial charge is 0.323 e. The maximum absolute atomic E-state index is 12.1. The van der Waals surface area contributed by atoms with Crippen LogP contribution in [0.15, 0.2) is 0 Å². The van der Waals surface area contributed by atoms with Gasteiger partial charge in [-0.3, -0.25) is 9.59 Å². The molecule has 8 nitrogen and oxygen atoms in total. The minimum atomic E-state index is -1.25. The van der Waals surface area contributed by atoms with E-state index in [2.05, 4.69) is 0 Å². The van der Waals surface area contributed by atoms with Crippen LogP contribution in [0.25, 0.3) is 0 Å². The van der Waals surface area contributed by atoms with Gasteiger partial charge in [-0.2, -0.15) is 0 Å². The molecule has 19 heavy (non-hydrogen) atoms. The molecule has 1 aliphatic heterocycles. The molecule has 0 aliphatic carbocycles. The lowest BCUT2D eigenvalue weighted by Gasteiger charge is -2.31. The summed E-state index contributed by atoms with van der Waals surface area (Å²) in [5, 5.41) is 17.4. The Hall–Kier alpha value is -1.83. The summed E-state index contributed by atoms with van der Waals surface area (Å²) in [6, 6.07) is -0.787. The molecule has 1 fully saturated rings. The van der Waals surface area contributed by atoms with Crippen molar-refractivity contribution in [2.45, 2.75) is 25.5 Å². The molecule has 0 radical (unpaired) electrons. The van der Waals surface area contributed by atoms with E-state index in [0.29, 0.717) is 13.0 Å². The summed E-state index contributed by atoms with van der Waals surface area (Å²) in [5.74, 6) is -2.50. The van der Waals surface area contributed by atoms with Crippen LogP contribution in [0.3, 0.4) is 0 Å². The number of aliphatic carboxylic acids is 2. The number of ether oxygens (including phenoxy) is 1. The van der Waals surface area contributed by atoms with Crippen molar-refractivity contribution in [3.8, 4) is 0 Å². The molecule has 2 amide bonds. The van der Waals surface area contributed by atoms with Gasteiger partial charge in [-0.05, 0) is 13.3 Å². The number of nitrogens with zero attached hydrogens (tertiary/aromatic N) is 2. The number of amides is 2. The summed E-state index contributed by atoms with van der Waals surface area (Å²) in [5.41, 5.74) is 0. The summed E-state index contributed by atoms with van der Waals surface area (Å²) in [7, 11) is 1.52. The van der Waals surface area contributed by atoms with Crippen molar-refractivity contribution in [3.63, 3.8) is 0 Å². The van der Waals surface area contributed by atoms with Crippen LogP contribution >= 0.6 is 0 Å². The minimum Gasteiger partial charge on any atom is -0.480 e. The number of hydrogen-bond donors (Lipinski definition) is 2. The molecule has 108 valence electrons. The molecule has 0 spiro atoms. The second-order valence-electron chi connectivity index (χ2n) is 4.47. The quantitative estimate of drug-likeness (QED) is 0.712. The highest BCUT2D eigenvalue weighted by Gasteiger charge is 2.33. The van der Waals surface area contributed by atoms with Gasteiger partial charge in [0.15, 0.2) is 0 Å². The summed E-state index contributed by atoms with van der Waals surface area (Å²) in [4.78, 5) is 35.6. The number of likely N-dealkylation sites (N-methyl/N-ethyl adjacent to an activating group) is 1. The lowest BCUT2D eigenvalue weighted by molar-refractivity contribution is -0.140. The number of carbonyl (C=O) groups is 3. The molecule has 2 N–H and O–H groups in total. The van der Waals surface area contributed by atoms with Crippen LogP contribution in [-0.4, -0.2) is 76.9 Å². The number of rotatable bonds is 5. The highest BCUT2D eigenvalue weighted by Crippen LogP contribution is 2.19. The molecule has 8 heteroatoms. The Morgan fingerprint density at radius 3 is 2.11 bits per heavy atom. The largest absolute Gasteiger partial charge is 0.480 e. The Balaban J connectivity index is 2.73. The van der Waals surface area contributed by atoms with Gasteiger partial charge < -0.3 is 24.7 Å². The molecule has 2 atom stereocenters. The normalized spacial score (nSPS) is 22.0. The van der Waals surface area contributed by atoms with E-state index in [1.165, 1.54) is 11.9 Å². The van der Waals surface area contributed by atoms with Crippen molar-refractivity contribution >= 4 is 18.0 Å². The first-order valence-electron chi connectivity index (χ1n) is 5.90. The summed E-state index contributed by atoms with van der Waals surface area (Å²) in [6.07, 6.45) is 0.502. The van der Waals surface area contributed by atoms with Gasteiger partial charge in [0.1, 0.15) is 13.1 Å². The zero-order chi connectivity index (χ0) is 14.6. The van der Waals surface area contributed by atoms with Gasteiger partial charge in [0.2, 0.25) is 0 Å². The predicted molar refractivity (Wildman–Crippen MR) is 63.8 cm³/mol. The number of carboxylic acids is 2. The Morgan fingerprint density at radius 2 is 1.74 bits per heavy atom. The molecule has 2 unspecified atom stereocenters. The molecular weight excluding hydrogens is 256 g/mol. The maximum atomic E-state index is 12.1. The fourth-order valence-corrected chi connectivity index (χ4v) is 2.11. The van der Waals surface area contributed by atoms with E-state index in [4.69, 9.17) is 14.9 Å². The molecule has 1 aliphatic rings. The van der Waals surface area contributed by atoms with Gasteiger partial charge in [0, 0.05) is 13.7 Å². The van der Waals surface area contributed by atoms with Crippen LogP contribution < -0.4 is 0 Å². The fraction of sp³-hybridized carbons (Fsp3) is 0.727. The van der Waals surface area contributed by atoms with Gasteiger partial charge in [0.05, 0.1) is 12.1 Å². The van der Waals surface area contributed by atoms with Crippen LogP contribution in [0.5, 0.6) is 0 Å². The third-order valence-corrected chi connectivity index (χ3v) is 3.06. The maximum Gasteiger partial charge on any atom is 0.323 e. The predicted octanol–water partition coefficient (Wildman–Crippen LogP) is -0.313. The number of hydrogen-bond acceptors (Lipinski definition) is 4. The van der Waals surface area contributed by atoms with Crippen molar-refractivity contribution in [1.29, 1.82) is 0 Å². The van der Waals surface area contributed by atoms with Crippen molar-refractivity contribution in [3.05, 3.63) is 0 Å². The SMILES string of the molecule is CC1OCCC1N(C)C(=O)N(CC(=O)O)CC(=O)O. The Labute approximate surface area is 110 Å². The highest BCUT2D eigenvalue weighted by atomic mass is 16.5. The van der Waals surface area contributed by atoms with Crippen molar-refractivity contribution < 1.29 is 29.3 Å². The van der Waals surface area contributed by atoms with Crippen LogP contribution in [0.4, 0.5) is 4.79 Å². The van der Waals surface area contributed by atoms with E-state index in [1.807, 2.05) is 6.92 Å². The van der Waals surface area contributed by atoms with Gasteiger partial charge >= 0.3 is 18.0 Å². The zero-order valence-electron chi connectivity index (χ0n) is 10.9. The summed E-state index contributed by atoms with van der Waals surface area (Å²) in [6.45, 7) is 1.07. The number of carboxylic acid groups (broad SMARTS) is 2. The first kappa shape index (κ1) is 15.2. The van der Waals surface area contributed by atoms with Crippen LogP contribution in [0.1, 0.15) is 13.3 Å². The molecule has 0 aromatic carbocycles. The summed E-state index contributed by atoms with van der Waals surface area (Å²) >= 11 is 0. The number of carbonyl (C=O) groups excluding carboxylic acids is 1. The van der Waals surface area contributed by atoms with E-state index < -0.39 is 31.1 Å². The van der Waals surface area contributed by atoms with Crippen LogP contribution in [0.2, 0.25) is 0 Å². The van der Waals surface area contributed by atoms with Gasteiger partial charge in [-0.25, -0.2) is 4.79 Å². The zero-order valence-corrected chi connectivity index (χ0v) is 10.9. The molecule has 0 bridgehead atoms. The Kier molecular flexibility index (Phi) is 5.11. The molecular formula is C11H18N2O6. The molecule has 1 heterocycles. The van der Waals surface area contributed by atoms with E-state index in [-0.39, 0.29) is 12.1 Å². The molecule has 1 rings (SSSR count). The van der Waals surface area contributed by atoms with E-state index >= 15 is 0 Å². The molecule has 0 aromatic rings. The second kappa shape index (κ2) is 6.37. The monoisotopic (exact) mass is 274 g/mol. The Morgan fingerprint density at radius 1 is 1.21 bits per heavy atom. The summed E-state index contributed by atoms with van der Waals surface area (Å²) < 4.78 is 5.33. The van der Waals surface area contributed by atoms with Crippen molar-refractivity contribution in [2.24, 2.45) is 0 Å². The van der Waals surface area contributed by atoms with E-state index in [9.17, 15) is 14.4 Å². The van der Waals surface area contributed by atoms with Crippen molar-refractivity contribution in [2.75, 3.05) is 26.7 Å². The van der Waals surface area contributed by atoms with Gasteiger partial charge in [-0.1, -0.05) is 0 Å². The van der Waals surface area contributed by atoms with E-state index in [1.54, 1.807) is 0 Å². The fourth-order valence-electron chi connectivity index (χ4n) is 2.11. The average molecular weight is 274 g/mol. The van der Waals surface area contributed by atoms with Gasteiger partial charge in [0.25, 0.3) is 0 Å². The lowest BCUT2D eigenvalue weighted by atomic mass is 10.1. The van der Waals surface area contributed by atoms with Gasteiger partial charge in [-0.15, -0.1) is 0 Å². The first-order valence-corrected chi connectivity index (χ1v) is 5.90. The highest BCUT2D eigenvalue weighted by molar-refractivity contribution is 5.84. The van der Waals surface area contributed by atoms with Crippen LogP contribution in [0, 0.1) is 0 Å². The number of urea groups is 1. The standard InChI is InChI=1S/C11H18N2O6/c1-7-8(3-4-19-7)12(2)11(18)13(5-9(14)15)6-10(16)17/h7-8H,3-6H2,1-2H3,(H,14,15)(H,16,17).